The smallest absolute Gasteiger partial charge is 0.324 e. The van der Waals surface area contributed by atoms with Gasteiger partial charge in [-0.25, -0.2) is 0 Å². The molecule has 6 heteroatoms. The second-order valence-electron chi connectivity index (χ2n) is 2.67. The molecule has 0 spiro atoms. The summed E-state index contributed by atoms with van der Waals surface area (Å²) in [5, 5.41) is 0. The number of nitrogens with one attached hydrogen (secondary N) is 1. The fourth-order valence-electron chi connectivity index (χ4n) is 0.954. The lowest BCUT2D eigenvalue weighted by Gasteiger charge is -2.09. The Hall–Kier alpha value is -0.880. The lowest BCUT2D eigenvalue weighted by atomic mass is 10.2. The molecular formula is C8H9F3N2S. The van der Waals surface area contributed by atoms with E-state index in [-0.39, 0.29) is 16.7 Å². The molecular weight excluding hydrogens is 213 g/mol. The molecule has 0 unspecified atom stereocenters. The molecule has 0 fully saturated rings. The third-order valence-electron chi connectivity index (χ3n) is 1.60. The van der Waals surface area contributed by atoms with Crippen LogP contribution in [0.5, 0.6) is 0 Å². The van der Waals surface area contributed by atoms with Gasteiger partial charge in [0.25, 0.3) is 0 Å². The molecule has 0 saturated carbocycles. The molecule has 0 aliphatic rings. The highest BCUT2D eigenvalue weighted by Crippen LogP contribution is 2.37. The van der Waals surface area contributed by atoms with E-state index >= 15 is 0 Å². The summed E-state index contributed by atoms with van der Waals surface area (Å²) in [4.78, 5) is 0.121. The molecule has 0 heterocycles. The zero-order chi connectivity index (χ0) is 10.8. The Morgan fingerprint density at radius 3 is 2.50 bits per heavy atom. The number of rotatable bonds is 2. The molecule has 0 saturated heterocycles. The van der Waals surface area contributed by atoms with Gasteiger partial charge in [-0.3, -0.25) is 5.84 Å². The molecule has 1 aromatic carbocycles. The molecule has 3 N–H and O–H groups in total. The molecule has 0 aliphatic carbocycles. The molecule has 2 nitrogen and oxygen atoms in total. The van der Waals surface area contributed by atoms with E-state index in [2.05, 4.69) is 5.43 Å². The van der Waals surface area contributed by atoms with Crippen molar-refractivity contribution in [2.24, 2.45) is 5.84 Å². The van der Waals surface area contributed by atoms with Gasteiger partial charge < -0.3 is 5.43 Å². The first-order valence-corrected chi connectivity index (χ1v) is 4.57. The van der Waals surface area contributed by atoms with Gasteiger partial charge in [0, 0.05) is 4.90 Å². The SMILES string of the molecule is Cc1ccc(SC(F)(F)F)cc1NN. The second kappa shape index (κ2) is 4.10. The van der Waals surface area contributed by atoms with Crippen molar-refractivity contribution in [2.45, 2.75) is 17.3 Å². The Balaban J connectivity index is 2.90. The molecule has 1 aromatic rings. The van der Waals surface area contributed by atoms with Gasteiger partial charge in [-0.05, 0) is 36.4 Å². The minimum Gasteiger partial charge on any atom is -0.324 e. The Morgan fingerprint density at radius 1 is 1.36 bits per heavy atom. The fourth-order valence-corrected chi connectivity index (χ4v) is 1.53. The molecule has 14 heavy (non-hydrogen) atoms. The van der Waals surface area contributed by atoms with Crippen molar-refractivity contribution in [1.29, 1.82) is 0 Å². The molecule has 0 atom stereocenters. The summed E-state index contributed by atoms with van der Waals surface area (Å²) < 4.78 is 36.0. The molecule has 0 bridgehead atoms. The third kappa shape index (κ3) is 3.12. The van der Waals surface area contributed by atoms with Crippen LogP contribution in [0, 0.1) is 6.92 Å². The van der Waals surface area contributed by atoms with Crippen molar-refractivity contribution in [3.05, 3.63) is 23.8 Å². The zero-order valence-corrected chi connectivity index (χ0v) is 8.17. The van der Waals surface area contributed by atoms with E-state index < -0.39 is 5.51 Å². The fraction of sp³-hybridized carbons (Fsp3) is 0.250. The number of nitrogen functional groups attached to an aromatic ring is 1. The van der Waals surface area contributed by atoms with E-state index in [0.29, 0.717) is 5.69 Å². The lowest BCUT2D eigenvalue weighted by molar-refractivity contribution is -0.0328. The number of hydrazine groups is 1. The van der Waals surface area contributed by atoms with Crippen LogP contribution in [0.3, 0.4) is 0 Å². The first kappa shape index (κ1) is 11.2. The van der Waals surface area contributed by atoms with E-state index in [1.807, 2.05) is 0 Å². The molecule has 0 aromatic heterocycles. The number of anilines is 1. The number of hydrogen-bond donors (Lipinski definition) is 2. The van der Waals surface area contributed by atoms with Crippen molar-refractivity contribution >= 4 is 17.4 Å². The van der Waals surface area contributed by atoms with Gasteiger partial charge in [0.2, 0.25) is 0 Å². The van der Waals surface area contributed by atoms with Crippen molar-refractivity contribution in [3.63, 3.8) is 0 Å². The average molecular weight is 222 g/mol. The summed E-state index contributed by atoms with van der Waals surface area (Å²) in [7, 11) is 0. The number of nitrogens with two attached hydrogens (primary N) is 1. The summed E-state index contributed by atoms with van der Waals surface area (Å²) >= 11 is -0.157. The Kier molecular flexibility index (Phi) is 3.28. The van der Waals surface area contributed by atoms with E-state index in [9.17, 15) is 13.2 Å². The van der Waals surface area contributed by atoms with Gasteiger partial charge in [0.05, 0.1) is 5.69 Å². The summed E-state index contributed by atoms with van der Waals surface area (Å²) in [5.41, 5.74) is -0.618. The predicted molar refractivity (Wildman–Crippen MR) is 50.9 cm³/mol. The van der Waals surface area contributed by atoms with E-state index in [4.69, 9.17) is 5.84 Å². The Bertz CT molecular complexity index is 325. The van der Waals surface area contributed by atoms with Gasteiger partial charge >= 0.3 is 5.51 Å². The standard InChI is InChI=1S/C8H9F3N2S/c1-5-2-3-6(4-7(5)13-12)14-8(9,10)11/h2-4,13H,12H2,1H3. The van der Waals surface area contributed by atoms with Crippen molar-refractivity contribution in [3.8, 4) is 0 Å². The third-order valence-corrected chi connectivity index (χ3v) is 2.32. The van der Waals surface area contributed by atoms with Gasteiger partial charge in [0.1, 0.15) is 0 Å². The van der Waals surface area contributed by atoms with Crippen molar-refractivity contribution in [2.75, 3.05) is 5.43 Å². The minimum atomic E-state index is -4.26. The van der Waals surface area contributed by atoms with Crippen LogP contribution in [0.25, 0.3) is 0 Å². The molecule has 1 rings (SSSR count). The maximum atomic E-state index is 12.0. The summed E-state index contributed by atoms with van der Waals surface area (Å²) in [6, 6.07) is 4.37. The van der Waals surface area contributed by atoms with Crippen LogP contribution in [-0.2, 0) is 0 Å². The maximum Gasteiger partial charge on any atom is 0.446 e. The van der Waals surface area contributed by atoms with Gasteiger partial charge in [-0.15, -0.1) is 0 Å². The number of alkyl halides is 3. The number of benzene rings is 1. The zero-order valence-electron chi connectivity index (χ0n) is 7.35. The van der Waals surface area contributed by atoms with Crippen LogP contribution in [0.4, 0.5) is 18.9 Å². The van der Waals surface area contributed by atoms with Crippen LogP contribution in [0.15, 0.2) is 23.1 Å². The maximum absolute atomic E-state index is 12.0. The summed E-state index contributed by atoms with van der Waals surface area (Å²) in [6.07, 6.45) is 0. The summed E-state index contributed by atoms with van der Waals surface area (Å²) in [6.45, 7) is 1.76. The monoisotopic (exact) mass is 222 g/mol. The average Bonchev–Trinajstić information content (AvgIpc) is 2.06. The molecule has 0 radical (unpaired) electrons. The number of aryl methyl sites for hydroxylation is 1. The van der Waals surface area contributed by atoms with E-state index in [1.54, 1.807) is 13.0 Å². The summed E-state index contributed by atoms with van der Waals surface area (Å²) in [5.74, 6) is 5.14. The number of thioether (sulfide) groups is 1. The van der Waals surface area contributed by atoms with Crippen LogP contribution in [0.2, 0.25) is 0 Å². The Labute approximate surface area is 83.6 Å². The lowest BCUT2D eigenvalue weighted by Crippen LogP contribution is -2.08. The van der Waals surface area contributed by atoms with Crippen molar-refractivity contribution in [1.82, 2.24) is 0 Å². The largest absolute Gasteiger partial charge is 0.446 e. The highest BCUT2D eigenvalue weighted by molar-refractivity contribution is 8.00. The number of halogens is 3. The van der Waals surface area contributed by atoms with Crippen LogP contribution in [-0.4, -0.2) is 5.51 Å². The van der Waals surface area contributed by atoms with Gasteiger partial charge in [0.15, 0.2) is 0 Å². The normalized spacial score (nSPS) is 11.5. The number of hydrogen-bond acceptors (Lipinski definition) is 3. The van der Waals surface area contributed by atoms with E-state index in [0.717, 1.165) is 5.56 Å². The molecule has 0 amide bonds. The quantitative estimate of drug-likeness (QED) is 0.459. The Morgan fingerprint density at radius 2 is 2.00 bits per heavy atom. The molecule has 0 aliphatic heterocycles. The first-order valence-electron chi connectivity index (χ1n) is 3.75. The van der Waals surface area contributed by atoms with Crippen LogP contribution in [0.1, 0.15) is 5.56 Å². The van der Waals surface area contributed by atoms with E-state index in [1.165, 1.54) is 12.1 Å². The van der Waals surface area contributed by atoms with Gasteiger partial charge in [-0.2, -0.15) is 13.2 Å². The predicted octanol–water partition coefficient (Wildman–Crippen LogP) is 2.89. The van der Waals surface area contributed by atoms with Crippen molar-refractivity contribution < 1.29 is 13.2 Å². The molecule has 78 valence electrons. The van der Waals surface area contributed by atoms with Crippen LogP contribution < -0.4 is 11.3 Å². The second-order valence-corrected chi connectivity index (χ2v) is 3.81. The highest BCUT2D eigenvalue weighted by atomic mass is 32.2. The highest BCUT2D eigenvalue weighted by Gasteiger charge is 2.29. The van der Waals surface area contributed by atoms with Crippen LogP contribution >= 0.6 is 11.8 Å². The minimum absolute atomic E-state index is 0.121. The topological polar surface area (TPSA) is 38.0 Å². The first-order chi connectivity index (χ1) is 6.42. The van der Waals surface area contributed by atoms with Gasteiger partial charge in [-0.1, -0.05) is 6.07 Å².